The van der Waals surface area contributed by atoms with Gasteiger partial charge in [-0.05, 0) is 44.7 Å². The smallest absolute Gasteiger partial charge is 0.228 e. The summed E-state index contributed by atoms with van der Waals surface area (Å²) in [6, 6.07) is 10.2. The fourth-order valence-electron chi connectivity index (χ4n) is 4.42. The van der Waals surface area contributed by atoms with E-state index in [-0.39, 0.29) is 11.8 Å². The first kappa shape index (κ1) is 21.6. The summed E-state index contributed by atoms with van der Waals surface area (Å²) in [5, 5.41) is 8.67. The van der Waals surface area contributed by atoms with Crippen molar-refractivity contribution in [3.8, 4) is 0 Å². The van der Waals surface area contributed by atoms with Crippen molar-refractivity contribution >= 4 is 39.1 Å². The maximum absolute atomic E-state index is 13.0. The van der Waals surface area contributed by atoms with Crippen molar-refractivity contribution in [2.24, 2.45) is 5.92 Å². The lowest BCUT2D eigenvalue weighted by Gasteiger charge is -2.32. The zero-order chi connectivity index (χ0) is 22.9. The fraction of sp³-hybridized carbons (Fsp3) is 0.360. The quantitative estimate of drug-likeness (QED) is 0.467. The maximum Gasteiger partial charge on any atom is 0.228 e. The second-order valence-electron chi connectivity index (χ2n) is 8.77. The third-order valence-electron chi connectivity index (χ3n) is 6.53. The number of hydrogen-bond donors (Lipinski definition) is 1. The molecular weight excluding hydrogens is 432 g/mol. The van der Waals surface area contributed by atoms with E-state index in [4.69, 9.17) is 0 Å². The molecule has 0 saturated carbocycles. The molecule has 0 radical (unpaired) electrons. The number of hydrogen-bond acceptors (Lipinski definition) is 6. The summed E-state index contributed by atoms with van der Waals surface area (Å²) in [6.07, 6.45) is 4.98. The Bertz CT molecular complexity index is 1280. The minimum Gasteiger partial charge on any atom is -0.356 e. The van der Waals surface area contributed by atoms with Crippen molar-refractivity contribution in [2.45, 2.75) is 40.2 Å². The van der Waals surface area contributed by atoms with E-state index in [1.165, 1.54) is 16.0 Å². The van der Waals surface area contributed by atoms with Crippen LogP contribution in [0.1, 0.15) is 34.4 Å². The van der Waals surface area contributed by atoms with E-state index in [0.29, 0.717) is 6.54 Å². The molecule has 0 aliphatic carbocycles. The summed E-state index contributed by atoms with van der Waals surface area (Å²) >= 11 is 1.72. The Kier molecular flexibility index (Phi) is 5.85. The third kappa shape index (κ3) is 4.35. The molecule has 0 unspecified atom stereocenters. The van der Waals surface area contributed by atoms with Gasteiger partial charge in [-0.2, -0.15) is 5.10 Å². The summed E-state index contributed by atoms with van der Waals surface area (Å²) in [5.41, 5.74) is 3.64. The maximum atomic E-state index is 13.0. The minimum atomic E-state index is -0.0217. The Morgan fingerprint density at radius 2 is 1.85 bits per heavy atom. The zero-order valence-corrected chi connectivity index (χ0v) is 20.0. The van der Waals surface area contributed by atoms with Crippen molar-refractivity contribution < 1.29 is 4.79 Å². The molecule has 5 rings (SSSR count). The number of fused-ring (bicyclic) bond motifs is 1. The van der Waals surface area contributed by atoms with Gasteiger partial charge in [0.15, 0.2) is 0 Å². The summed E-state index contributed by atoms with van der Waals surface area (Å²) in [4.78, 5) is 26.7. The highest BCUT2D eigenvalue weighted by Gasteiger charge is 2.28. The molecule has 3 aromatic heterocycles. The molecule has 0 spiro atoms. The largest absolute Gasteiger partial charge is 0.356 e. The van der Waals surface area contributed by atoms with Crippen LogP contribution in [0.25, 0.3) is 10.2 Å². The number of carbonyl (C=O) groups excluding carboxylic acids is 1. The lowest BCUT2D eigenvalue weighted by atomic mass is 9.95. The van der Waals surface area contributed by atoms with Crippen molar-refractivity contribution in [1.29, 1.82) is 0 Å². The number of amides is 1. The molecule has 1 aliphatic rings. The number of nitrogens with zero attached hydrogens (tertiary/aromatic N) is 5. The van der Waals surface area contributed by atoms with Crippen molar-refractivity contribution in [1.82, 2.24) is 19.7 Å². The zero-order valence-electron chi connectivity index (χ0n) is 19.2. The number of nitrogens with one attached hydrogen (secondary N) is 1. The highest BCUT2D eigenvalue weighted by atomic mass is 32.1. The number of aryl methyl sites for hydroxylation is 3. The van der Waals surface area contributed by atoms with E-state index in [2.05, 4.69) is 70.3 Å². The van der Waals surface area contributed by atoms with E-state index in [0.717, 1.165) is 53.3 Å². The SMILES string of the molecule is Cc1ccc(Cn2nccc2NC(=O)C2CCN(c3ncnc4sc(C)c(C)c34)CC2)cc1. The number of aromatic nitrogens is 4. The van der Waals surface area contributed by atoms with E-state index < -0.39 is 0 Å². The predicted molar refractivity (Wildman–Crippen MR) is 133 cm³/mol. The molecule has 1 aliphatic heterocycles. The van der Waals surface area contributed by atoms with Gasteiger partial charge < -0.3 is 10.2 Å². The highest BCUT2D eigenvalue weighted by molar-refractivity contribution is 7.18. The molecule has 1 aromatic carbocycles. The molecule has 1 fully saturated rings. The molecule has 4 aromatic rings. The summed E-state index contributed by atoms with van der Waals surface area (Å²) in [5.74, 6) is 1.78. The first-order valence-corrected chi connectivity index (χ1v) is 12.1. The number of thiophene rings is 1. The van der Waals surface area contributed by atoms with E-state index in [1.54, 1.807) is 23.9 Å². The normalized spacial score (nSPS) is 14.7. The molecule has 7 nitrogen and oxygen atoms in total. The van der Waals surface area contributed by atoms with Crippen LogP contribution in [-0.2, 0) is 11.3 Å². The van der Waals surface area contributed by atoms with Crippen LogP contribution < -0.4 is 10.2 Å². The van der Waals surface area contributed by atoms with Crippen LogP contribution in [0.5, 0.6) is 0 Å². The molecule has 170 valence electrons. The van der Waals surface area contributed by atoms with Crippen molar-refractivity contribution in [3.63, 3.8) is 0 Å². The standard InChI is InChI=1S/C25H28N6OS/c1-16-4-6-19(7-5-16)14-31-21(8-11-28-31)29-24(32)20-9-12-30(13-10-20)23-22-17(2)18(3)33-25(22)27-15-26-23/h4-8,11,15,20H,9-10,12-14H2,1-3H3,(H,29,32). The molecule has 1 amide bonds. The van der Waals surface area contributed by atoms with E-state index in [9.17, 15) is 4.79 Å². The van der Waals surface area contributed by atoms with Crippen LogP contribution in [0.2, 0.25) is 0 Å². The Morgan fingerprint density at radius 1 is 1.09 bits per heavy atom. The second-order valence-corrected chi connectivity index (χ2v) is 9.97. The number of rotatable bonds is 5. The average Bonchev–Trinajstić information content (AvgIpc) is 3.38. The van der Waals surface area contributed by atoms with Gasteiger partial charge in [-0.3, -0.25) is 4.79 Å². The van der Waals surface area contributed by atoms with Gasteiger partial charge in [-0.15, -0.1) is 11.3 Å². The average molecular weight is 461 g/mol. The van der Waals surface area contributed by atoms with Crippen molar-refractivity contribution in [3.05, 3.63) is 64.4 Å². The molecule has 0 atom stereocenters. The Balaban J connectivity index is 1.23. The number of carbonyl (C=O) groups is 1. The van der Waals surface area contributed by atoms with Gasteiger partial charge in [-0.25, -0.2) is 14.6 Å². The van der Waals surface area contributed by atoms with E-state index >= 15 is 0 Å². The second kappa shape index (κ2) is 8.94. The summed E-state index contributed by atoms with van der Waals surface area (Å²) in [6.45, 7) is 8.59. The van der Waals surface area contributed by atoms with Crippen LogP contribution in [0, 0.1) is 26.7 Å². The van der Waals surface area contributed by atoms with Gasteiger partial charge in [0.05, 0.1) is 18.1 Å². The fourth-order valence-corrected chi connectivity index (χ4v) is 5.41. The van der Waals surface area contributed by atoms with Crippen LogP contribution in [0.3, 0.4) is 0 Å². The molecule has 1 saturated heterocycles. The van der Waals surface area contributed by atoms with Gasteiger partial charge in [0, 0.05) is 30.0 Å². The predicted octanol–water partition coefficient (Wildman–Crippen LogP) is 4.72. The molecule has 0 bridgehead atoms. The number of benzene rings is 1. The Hall–Kier alpha value is -3.26. The first-order valence-electron chi connectivity index (χ1n) is 11.3. The van der Waals surface area contributed by atoms with Gasteiger partial charge in [0.1, 0.15) is 22.8 Å². The molecular formula is C25H28N6OS. The molecule has 4 heterocycles. The molecule has 33 heavy (non-hydrogen) atoms. The van der Waals surface area contributed by atoms with Gasteiger partial charge in [0.25, 0.3) is 0 Å². The molecule has 1 N–H and O–H groups in total. The number of anilines is 2. The Morgan fingerprint density at radius 3 is 2.61 bits per heavy atom. The van der Waals surface area contributed by atoms with Gasteiger partial charge in [-0.1, -0.05) is 29.8 Å². The number of piperidine rings is 1. The van der Waals surface area contributed by atoms with Crippen LogP contribution >= 0.6 is 11.3 Å². The van der Waals surface area contributed by atoms with Crippen LogP contribution in [-0.4, -0.2) is 38.7 Å². The van der Waals surface area contributed by atoms with E-state index in [1.807, 2.05) is 10.7 Å². The monoisotopic (exact) mass is 460 g/mol. The van der Waals surface area contributed by atoms with Crippen LogP contribution in [0.15, 0.2) is 42.9 Å². The molecule has 8 heteroatoms. The van der Waals surface area contributed by atoms with Crippen LogP contribution in [0.4, 0.5) is 11.6 Å². The first-order chi connectivity index (χ1) is 16.0. The third-order valence-corrected chi connectivity index (χ3v) is 7.65. The minimum absolute atomic E-state index is 0.0217. The lowest BCUT2D eigenvalue weighted by Crippen LogP contribution is -2.39. The Labute approximate surface area is 197 Å². The summed E-state index contributed by atoms with van der Waals surface area (Å²) < 4.78 is 1.84. The highest BCUT2D eigenvalue weighted by Crippen LogP contribution is 2.35. The van der Waals surface area contributed by atoms with Gasteiger partial charge >= 0.3 is 0 Å². The van der Waals surface area contributed by atoms with Gasteiger partial charge in [0.2, 0.25) is 5.91 Å². The topological polar surface area (TPSA) is 75.9 Å². The summed E-state index contributed by atoms with van der Waals surface area (Å²) in [7, 11) is 0. The van der Waals surface area contributed by atoms with Crippen molar-refractivity contribution in [2.75, 3.05) is 23.3 Å². The lowest BCUT2D eigenvalue weighted by molar-refractivity contribution is -0.120.